The first-order valence-corrected chi connectivity index (χ1v) is 6.99. The maximum absolute atomic E-state index is 10.7. The maximum Gasteiger partial charge on any atom is 0.342 e. The van der Waals surface area contributed by atoms with Gasteiger partial charge in [-0.25, -0.2) is 4.99 Å². The van der Waals surface area contributed by atoms with Gasteiger partial charge in [0.2, 0.25) is 0 Å². The van der Waals surface area contributed by atoms with Crippen molar-refractivity contribution in [2.75, 3.05) is 0 Å². The second kappa shape index (κ2) is 7.14. The molecule has 24 heavy (non-hydrogen) atoms. The Morgan fingerprint density at radius 3 is 2.79 bits per heavy atom. The fraction of sp³-hybridized carbons (Fsp3) is 0.0625. The molecule has 0 radical (unpaired) electrons. The second-order valence-electron chi connectivity index (χ2n) is 4.69. The van der Waals surface area contributed by atoms with Gasteiger partial charge in [0, 0.05) is 18.3 Å². The number of ether oxygens (including phenoxy) is 1. The molecule has 3 rings (SSSR count). The molecule has 3 aromatic rings. The van der Waals surface area contributed by atoms with Crippen molar-refractivity contribution in [2.45, 2.75) is 6.61 Å². The third-order valence-corrected chi connectivity index (χ3v) is 2.97. The molecule has 0 aliphatic heterocycles. The van der Waals surface area contributed by atoms with Crippen molar-refractivity contribution in [2.24, 2.45) is 4.99 Å². The van der Waals surface area contributed by atoms with Crippen LogP contribution in [-0.4, -0.2) is 21.3 Å². The Labute approximate surface area is 136 Å². The Kier molecular flexibility index (Phi) is 4.57. The topological polar surface area (TPSA) is 104 Å². The van der Waals surface area contributed by atoms with E-state index in [1.807, 2.05) is 30.3 Å². The van der Waals surface area contributed by atoms with E-state index in [0.717, 1.165) is 0 Å². The molecule has 0 spiro atoms. The SMILES string of the molecule is O=[N+]([O-])c1cccc(C=Nc2nnc(COc3ccccc3)o2)c1. The highest BCUT2D eigenvalue weighted by atomic mass is 16.6. The first-order valence-electron chi connectivity index (χ1n) is 6.99. The third-order valence-electron chi connectivity index (χ3n) is 2.97. The average Bonchev–Trinajstić information content (AvgIpc) is 3.07. The zero-order valence-corrected chi connectivity index (χ0v) is 12.4. The number of rotatable bonds is 6. The third kappa shape index (κ3) is 4.01. The summed E-state index contributed by atoms with van der Waals surface area (Å²) in [5.41, 5.74) is 0.547. The van der Waals surface area contributed by atoms with E-state index >= 15 is 0 Å². The number of hydrogen-bond donors (Lipinski definition) is 0. The smallest absolute Gasteiger partial charge is 0.342 e. The van der Waals surface area contributed by atoms with Gasteiger partial charge in [-0.1, -0.05) is 35.4 Å². The van der Waals surface area contributed by atoms with Crippen molar-refractivity contribution >= 4 is 17.9 Å². The Morgan fingerprint density at radius 1 is 1.17 bits per heavy atom. The van der Waals surface area contributed by atoms with E-state index in [2.05, 4.69) is 15.2 Å². The van der Waals surface area contributed by atoms with Gasteiger partial charge in [0.05, 0.1) is 4.92 Å². The van der Waals surface area contributed by atoms with E-state index in [0.29, 0.717) is 11.3 Å². The highest BCUT2D eigenvalue weighted by molar-refractivity contribution is 5.81. The number of hydrogen-bond acceptors (Lipinski definition) is 7. The van der Waals surface area contributed by atoms with E-state index in [1.54, 1.807) is 12.1 Å². The molecule has 1 heterocycles. The van der Waals surface area contributed by atoms with E-state index < -0.39 is 4.92 Å². The number of nitrogens with zero attached hydrogens (tertiary/aromatic N) is 4. The lowest BCUT2D eigenvalue weighted by atomic mass is 10.2. The summed E-state index contributed by atoms with van der Waals surface area (Å²) < 4.78 is 10.8. The highest BCUT2D eigenvalue weighted by Gasteiger charge is 2.07. The predicted molar refractivity (Wildman–Crippen MR) is 85.4 cm³/mol. The molecule has 8 nitrogen and oxygen atoms in total. The number of nitro benzene ring substituents is 1. The molecule has 120 valence electrons. The molecule has 0 fully saturated rings. The summed E-state index contributed by atoms with van der Waals surface area (Å²) in [5.74, 6) is 0.974. The van der Waals surface area contributed by atoms with E-state index in [1.165, 1.54) is 18.3 Å². The van der Waals surface area contributed by atoms with Crippen molar-refractivity contribution in [1.82, 2.24) is 10.2 Å². The first kappa shape index (κ1) is 15.3. The summed E-state index contributed by atoms with van der Waals surface area (Å²) in [4.78, 5) is 14.3. The van der Waals surface area contributed by atoms with Crippen molar-refractivity contribution in [3.8, 4) is 5.75 Å². The summed E-state index contributed by atoms with van der Waals surface area (Å²) >= 11 is 0. The van der Waals surface area contributed by atoms with E-state index in [-0.39, 0.29) is 24.2 Å². The Morgan fingerprint density at radius 2 is 2.00 bits per heavy atom. The molecular formula is C16H12N4O4. The van der Waals surface area contributed by atoms with Crippen LogP contribution in [0, 0.1) is 10.1 Å². The van der Waals surface area contributed by atoms with Crippen LogP contribution in [0.3, 0.4) is 0 Å². The van der Waals surface area contributed by atoms with Crippen molar-refractivity contribution in [3.05, 3.63) is 76.2 Å². The highest BCUT2D eigenvalue weighted by Crippen LogP contribution is 2.15. The van der Waals surface area contributed by atoms with Gasteiger partial charge < -0.3 is 9.15 Å². The number of aliphatic imine (C=N–C) groups is 1. The van der Waals surface area contributed by atoms with Gasteiger partial charge in [-0.05, 0) is 17.7 Å². The minimum Gasteiger partial charge on any atom is -0.484 e. The molecule has 0 aliphatic carbocycles. The van der Waals surface area contributed by atoms with Gasteiger partial charge in [-0.2, -0.15) is 0 Å². The number of para-hydroxylation sites is 1. The summed E-state index contributed by atoms with van der Waals surface area (Å²) in [5, 5.41) is 18.3. The summed E-state index contributed by atoms with van der Waals surface area (Å²) in [7, 11) is 0. The maximum atomic E-state index is 10.7. The fourth-order valence-corrected chi connectivity index (χ4v) is 1.87. The van der Waals surface area contributed by atoms with Crippen molar-refractivity contribution < 1.29 is 14.1 Å². The molecule has 0 aliphatic rings. The molecule has 0 N–H and O–H groups in total. The molecule has 0 atom stereocenters. The number of benzene rings is 2. The molecule has 0 saturated carbocycles. The molecular weight excluding hydrogens is 312 g/mol. The van der Waals surface area contributed by atoms with Gasteiger partial charge in [-0.3, -0.25) is 10.1 Å². The quantitative estimate of drug-likeness (QED) is 0.391. The van der Waals surface area contributed by atoms with Crippen LogP contribution < -0.4 is 4.74 Å². The lowest BCUT2D eigenvalue weighted by molar-refractivity contribution is -0.384. The molecule has 8 heteroatoms. The minimum absolute atomic E-state index is 0.0126. The van der Waals surface area contributed by atoms with E-state index in [9.17, 15) is 10.1 Å². The van der Waals surface area contributed by atoms with Gasteiger partial charge in [0.1, 0.15) is 5.75 Å². The predicted octanol–water partition coefficient (Wildman–Crippen LogP) is 3.31. The van der Waals surface area contributed by atoms with Crippen LogP contribution in [0.15, 0.2) is 64.0 Å². The Bertz CT molecular complexity index is 861. The largest absolute Gasteiger partial charge is 0.484 e. The van der Waals surface area contributed by atoms with Crippen molar-refractivity contribution in [3.63, 3.8) is 0 Å². The lowest BCUT2D eigenvalue weighted by Crippen LogP contribution is -1.95. The zero-order chi connectivity index (χ0) is 16.8. The lowest BCUT2D eigenvalue weighted by Gasteiger charge is -2.01. The number of nitro groups is 1. The molecule has 1 aromatic heterocycles. The van der Waals surface area contributed by atoms with E-state index in [4.69, 9.17) is 9.15 Å². The molecule has 2 aromatic carbocycles. The normalized spacial score (nSPS) is 10.8. The zero-order valence-electron chi connectivity index (χ0n) is 12.4. The minimum atomic E-state index is -0.469. The van der Waals surface area contributed by atoms with Crippen LogP contribution >= 0.6 is 0 Å². The van der Waals surface area contributed by atoms with Crippen LogP contribution in [0.1, 0.15) is 11.5 Å². The monoisotopic (exact) mass is 324 g/mol. The average molecular weight is 324 g/mol. The number of aromatic nitrogens is 2. The standard InChI is InChI=1S/C16H12N4O4/c21-20(22)13-6-4-5-12(9-13)10-17-16-19-18-15(24-16)11-23-14-7-2-1-3-8-14/h1-10H,11H2. The van der Waals surface area contributed by atoms with Crippen LogP contribution in [0.4, 0.5) is 11.7 Å². The molecule has 0 unspecified atom stereocenters. The Balaban J connectivity index is 1.63. The summed E-state index contributed by atoms with van der Waals surface area (Å²) in [6, 6.07) is 15.4. The fourth-order valence-electron chi connectivity index (χ4n) is 1.87. The van der Waals surface area contributed by atoms with Crippen LogP contribution in [0.2, 0.25) is 0 Å². The first-order chi connectivity index (χ1) is 11.7. The molecule has 0 bridgehead atoms. The molecule has 0 saturated heterocycles. The van der Waals surface area contributed by atoms with Crippen LogP contribution in [0.25, 0.3) is 0 Å². The molecule has 0 amide bonds. The number of non-ortho nitro benzene ring substituents is 1. The Hall–Kier alpha value is -3.55. The van der Waals surface area contributed by atoms with Gasteiger partial charge in [0.15, 0.2) is 6.61 Å². The van der Waals surface area contributed by atoms with Crippen molar-refractivity contribution in [1.29, 1.82) is 0 Å². The van der Waals surface area contributed by atoms with Crippen LogP contribution in [-0.2, 0) is 6.61 Å². The van der Waals surface area contributed by atoms with Gasteiger partial charge in [-0.15, -0.1) is 5.10 Å². The van der Waals surface area contributed by atoms with Gasteiger partial charge in [0.25, 0.3) is 11.6 Å². The second-order valence-corrected chi connectivity index (χ2v) is 4.69. The summed E-state index contributed by atoms with van der Waals surface area (Å²) in [6.45, 7) is 0.128. The summed E-state index contributed by atoms with van der Waals surface area (Å²) in [6.07, 6.45) is 1.42. The van der Waals surface area contributed by atoms with Gasteiger partial charge >= 0.3 is 6.01 Å². The van der Waals surface area contributed by atoms with Crippen LogP contribution in [0.5, 0.6) is 5.75 Å².